The smallest absolute Gasteiger partial charge is 0.330 e. The SMILES string of the molecule is NCCCc1cccc(-c2cc(-c3cccc(CCCN)c3)cc(C(F)(F)F)c2)c1. The molecule has 0 aliphatic heterocycles. The van der Waals surface area contributed by atoms with Gasteiger partial charge < -0.3 is 11.5 Å². The molecule has 4 N–H and O–H groups in total. The second-order valence-electron chi connectivity index (χ2n) is 7.48. The topological polar surface area (TPSA) is 52.0 Å². The van der Waals surface area contributed by atoms with Gasteiger partial charge in [-0.1, -0.05) is 48.5 Å². The number of benzene rings is 3. The van der Waals surface area contributed by atoms with E-state index in [-0.39, 0.29) is 0 Å². The standard InChI is InChI=1S/C25H27F3N2/c26-25(27,28)24-16-22(20-9-1-5-18(13-20)7-3-11-29)15-23(17-24)21-10-2-6-19(14-21)8-4-12-30/h1-2,5-6,9-10,13-17H,3-4,7-8,11-12,29-30H2. The molecule has 30 heavy (non-hydrogen) atoms. The van der Waals surface area contributed by atoms with Gasteiger partial charge in [0.25, 0.3) is 0 Å². The summed E-state index contributed by atoms with van der Waals surface area (Å²) in [5.41, 5.74) is 15.3. The Bertz CT molecular complexity index is 910. The second-order valence-corrected chi connectivity index (χ2v) is 7.48. The van der Waals surface area contributed by atoms with Crippen LogP contribution < -0.4 is 11.5 Å². The van der Waals surface area contributed by atoms with E-state index in [0.29, 0.717) is 24.2 Å². The van der Waals surface area contributed by atoms with Crippen molar-refractivity contribution < 1.29 is 13.2 Å². The Morgan fingerprint density at radius 1 is 0.600 bits per heavy atom. The first-order valence-electron chi connectivity index (χ1n) is 10.2. The molecule has 0 amide bonds. The van der Waals surface area contributed by atoms with E-state index in [9.17, 15) is 13.2 Å². The van der Waals surface area contributed by atoms with Crippen LogP contribution in [-0.2, 0) is 19.0 Å². The molecule has 0 aliphatic rings. The molecule has 2 nitrogen and oxygen atoms in total. The van der Waals surface area contributed by atoms with Gasteiger partial charge in [0.15, 0.2) is 0 Å². The fourth-order valence-electron chi connectivity index (χ4n) is 3.55. The molecule has 0 spiro atoms. The largest absolute Gasteiger partial charge is 0.416 e. The zero-order chi connectivity index (χ0) is 21.6. The molecule has 3 rings (SSSR count). The summed E-state index contributed by atoms with van der Waals surface area (Å²) in [5.74, 6) is 0. The molecule has 0 bridgehead atoms. The lowest BCUT2D eigenvalue weighted by Crippen LogP contribution is -2.05. The maximum atomic E-state index is 13.6. The summed E-state index contributed by atoms with van der Waals surface area (Å²) in [6, 6.07) is 19.6. The third-order valence-corrected chi connectivity index (χ3v) is 5.12. The summed E-state index contributed by atoms with van der Waals surface area (Å²) in [6.45, 7) is 1.16. The van der Waals surface area contributed by atoms with Crippen LogP contribution >= 0.6 is 0 Å². The average molecular weight is 412 g/mol. The fourth-order valence-corrected chi connectivity index (χ4v) is 3.55. The van der Waals surface area contributed by atoms with Gasteiger partial charge in [0.05, 0.1) is 5.56 Å². The molecular weight excluding hydrogens is 385 g/mol. The maximum absolute atomic E-state index is 13.6. The van der Waals surface area contributed by atoms with E-state index in [1.165, 1.54) is 12.1 Å². The number of halogens is 3. The monoisotopic (exact) mass is 412 g/mol. The van der Waals surface area contributed by atoms with Gasteiger partial charge in [-0.25, -0.2) is 0 Å². The molecule has 3 aromatic rings. The zero-order valence-corrected chi connectivity index (χ0v) is 16.9. The second kappa shape index (κ2) is 9.92. The molecule has 158 valence electrons. The molecule has 0 radical (unpaired) electrons. The van der Waals surface area contributed by atoms with Gasteiger partial charge in [-0.15, -0.1) is 0 Å². The normalized spacial score (nSPS) is 11.6. The van der Waals surface area contributed by atoms with Crippen molar-refractivity contribution in [2.75, 3.05) is 13.1 Å². The van der Waals surface area contributed by atoms with Crippen LogP contribution in [0.2, 0.25) is 0 Å². The highest BCUT2D eigenvalue weighted by Gasteiger charge is 2.31. The Morgan fingerprint density at radius 3 is 1.47 bits per heavy atom. The summed E-state index contributed by atoms with van der Waals surface area (Å²) in [6.07, 6.45) is -1.13. The van der Waals surface area contributed by atoms with Crippen LogP contribution in [0.4, 0.5) is 13.2 Å². The average Bonchev–Trinajstić information content (AvgIpc) is 2.75. The van der Waals surface area contributed by atoms with E-state index in [1.54, 1.807) is 0 Å². The van der Waals surface area contributed by atoms with Crippen molar-refractivity contribution in [1.82, 2.24) is 0 Å². The molecule has 0 saturated heterocycles. The van der Waals surface area contributed by atoms with Crippen molar-refractivity contribution in [3.8, 4) is 22.3 Å². The van der Waals surface area contributed by atoms with E-state index in [2.05, 4.69) is 0 Å². The van der Waals surface area contributed by atoms with Gasteiger partial charge in [0.1, 0.15) is 0 Å². The molecule has 0 saturated carbocycles. The molecule has 0 unspecified atom stereocenters. The van der Waals surface area contributed by atoms with Crippen molar-refractivity contribution in [3.63, 3.8) is 0 Å². The Labute approximate surface area is 175 Å². The highest BCUT2D eigenvalue weighted by molar-refractivity contribution is 5.75. The van der Waals surface area contributed by atoms with Crippen molar-refractivity contribution >= 4 is 0 Å². The number of hydrogen-bond donors (Lipinski definition) is 2. The summed E-state index contributed by atoms with van der Waals surface area (Å²) >= 11 is 0. The lowest BCUT2D eigenvalue weighted by molar-refractivity contribution is -0.137. The van der Waals surface area contributed by atoms with Gasteiger partial charge in [0, 0.05) is 0 Å². The number of rotatable bonds is 8. The molecule has 3 aromatic carbocycles. The maximum Gasteiger partial charge on any atom is 0.416 e. The lowest BCUT2D eigenvalue weighted by Gasteiger charge is -2.14. The predicted molar refractivity (Wildman–Crippen MR) is 117 cm³/mol. The molecule has 0 aromatic heterocycles. The van der Waals surface area contributed by atoms with Crippen LogP contribution in [0.15, 0.2) is 66.7 Å². The van der Waals surface area contributed by atoms with Crippen molar-refractivity contribution in [2.45, 2.75) is 31.9 Å². The number of nitrogens with two attached hydrogens (primary N) is 2. The quantitative estimate of drug-likeness (QED) is 0.490. The first-order chi connectivity index (χ1) is 14.4. The van der Waals surface area contributed by atoms with Crippen LogP contribution in [0, 0.1) is 0 Å². The first-order valence-corrected chi connectivity index (χ1v) is 10.2. The van der Waals surface area contributed by atoms with Gasteiger partial charge >= 0.3 is 6.18 Å². The summed E-state index contributed by atoms with van der Waals surface area (Å²) in [7, 11) is 0. The zero-order valence-electron chi connectivity index (χ0n) is 16.9. The molecule has 0 aliphatic carbocycles. The Hall–Kier alpha value is -2.63. The van der Waals surface area contributed by atoms with Crippen LogP contribution in [-0.4, -0.2) is 13.1 Å². The van der Waals surface area contributed by atoms with Crippen LogP contribution in [0.5, 0.6) is 0 Å². The third-order valence-electron chi connectivity index (χ3n) is 5.12. The third kappa shape index (κ3) is 5.71. The highest BCUT2D eigenvalue weighted by atomic mass is 19.4. The van der Waals surface area contributed by atoms with Crippen molar-refractivity contribution in [2.24, 2.45) is 11.5 Å². The minimum absolute atomic E-state index is 0.557. The predicted octanol–water partition coefficient (Wildman–Crippen LogP) is 5.82. The van der Waals surface area contributed by atoms with Gasteiger partial charge in [-0.3, -0.25) is 0 Å². The van der Waals surface area contributed by atoms with Crippen molar-refractivity contribution in [1.29, 1.82) is 0 Å². The van der Waals surface area contributed by atoms with E-state index in [0.717, 1.165) is 47.9 Å². The minimum Gasteiger partial charge on any atom is -0.330 e. The highest BCUT2D eigenvalue weighted by Crippen LogP contribution is 2.36. The molecule has 0 fully saturated rings. The van der Waals surface area contributed by atoms with Gasteiger partial charge in [0.2, 0.25) is 0 Å². The summed E-state index contributed by atoms with van der Waals surface area (Å²) in [4.78, 5) is 0. The van der Waals surface area contributed by atoms with Crippen LogP contribution in [0.25, 0.3) is 22.3 Å². The van der Waals surface area contributed by atoms with Crippen molar-refractivity contribution in [3.05, 3.63) is 83.4 Å². The molecule has 0 heterocycles. The lowest BCUT2D eigenvalue weighted by atomic mass is 9.93. The number of alkyl halides is 3. The summed E-state index contributed by atoms with van der Waals surface area (Å²) < 4.78 is 40.9. The molecular formula is C25H27F3N2. The van der Waals surface area contributed by atoms with Gasteiger partial charge in [-0.2, -0.15) is 13.2 Å². The van der Waals surface area contributed by atoms with E-state index >= 15 is 0 Å². The minimum atomic E-state index is -4.42. The van der Waals surface area contributed by atoms with E-state index < -0.39 is 11.7 Å². The molecule has 5 heteroatoms. The summed E-state index contributed by atoms with van der Waals surface area (Å²) in [5, 5.41) is 0. The Balaban J connectivity index is 2.06. The van der Waals surface area contributed by atoms with E-state index in [4.69, 9.17) is 11.5 Å². The van der Waals surface area contributed by atoms with E-state index in [1.807, 2.05) is 54.6 Å². The first kappa shape index (κ1) is 22.1. The van der Waals surface area contributed by atoms with Crippen LogP contribution in [0.1, 0.15) is 29.5 Å². The molecule has 0 atom stereocenters. The number of aryl methyl sites for hydroxylation is 2. The Kier molecular flexibility index (Phi) is 7.29. The number of hydrogen-bond acceptors (Lipinski definition) is 2. The fraction of sp³-hybridized carbons (Fsp3) is 0.280. The van der Waals surface area contributed by atoms with Crippen LogP contribution in [0.3, 0.4) is 0 Å². The van der Waals surface area contributed by atoms with Gasteiger partial charge in [-0.05, 0) is 90.4 Å². The Morgan fingerprint density at radius 2 is 1.07 bits per heavy atom.